The van der Waals surface area contributed by atoms with Crippen molar-refractivity contribution < 1.29 is 32.9 Å². The van der Waals surface area contributed by atoms with Crippen LogP contribution in [0.2, 0.25) is 0 Å². The van der Waals surface area contributed by atoms with Crippen LogP contribution in [0.5, 0.6) is 0 Å². The minimum Gasteiger partial charge on any atom is -0.387 e. The molecule has 0 fully saturated rings. The second-order valence-corrected chi connectivity index (χ2v) is 18.2. The highest BCUT2D eigenvalue weighted by atomic mass is 31.2. The molecule has 0 radical (unpaired) electrons. The number of hydrogen-bond donors (Lipinski definition) is 3. The zero-order chi connectivity index (χ0) is 40.7. The number of likely N-dealkylation sites (N-methyl/N-ethyl adjacent to an activating group) is 1. The van der Waals surface area contributed by atoms with Crippen LogP contribution in [0.15, 0.2) is 36.5 Å². The van der Waals surface area contributed by atoms with Crippen molar-refractivity contribution in [3.05, 3.63) is 36.5 Å². The van der Waals surface area contributed by atoms with Gasteiger partial charge in [0.25, 0.3) is 0 Å². The number of rotatable bonds is 41. The first-order valence-electron chi connectivity index (χ1n) is 22.9. The Morgan fingerprint density at radius 3 is 1.45 bits per heavy atom. The van der Waals surface area contributed by atoms with Crippen LogP contribution in [-0.2, 0) is 18.4 Å². The van der Waals surface area contributed by atoms with Crippen LogP contribution in [0.4, 0.5) is 0 Å². The summed E-state index contributed by atoms with van der Waals surface area (Å²) in [5.74, 6) is -0.190. The van der Waals surface area contributed by atoms with Gasteiger partial charge >= 0.3 is 7.82 Å². The number of phosphoric ester groups is 1. The second-order valence-electron chi connectivity index (χ2n) is 16.8. The monoisotopic (exact) mass is 798 g/mol. The van der Waals surface area contributed by atoms with Crippen molar-refractivity contribution in [1.29, 1.82) is 0 Å². The first-order chi connectivity index (χ1) is 26.5. The number of aliphatic hydroxyl groups is 1. The van der Waals surface area contributed by atoms with Crippen LogP contribution in [0.3, 0.4) is 0 Å². The highest BCUT2D eigenvalue weighted by Crippen LogP contribution is 2.43. The Kier molecular flexibility index (Phi) is 37.4. The van der Waals surface area contributed by atoms with Crippen LogP contribution in [0.1, 0.15) is 200 Å². The van der Waals surface area contributed by atoms with E-state index in [-0.39, 0.29) is 19.1 Å². The SMILES string of the molecule is CCCCCCCC/C=C\CCCCCCCCCCCC(=O)NC(COP(=O)(O)OCC[N+](C)(C)C)C(O)/C=C/CC/C=C/CCCCCCCCCC. The highest BCUT2D eigenvalue weighted by Gasteiger charge is 2.27. The average molecular weight is 798 g/mol. The predicted octanol–water partition coefficient (Wildman–Crippen LogP) is 12.7. The van der Waals surface area contributed by atoms with E-state index in [1.54, 1.807) is 6.08 Å². The molecule has 0 aliphatic carbocycles. The summed E-state index contributed by atoms with van der Waals surface area (Å²) in [7, 11) is 1.55. The number of nitrogens with one attached hydrogen (secondary N) is 1. The van der Waals surface area contributed by atoms with Gasteiger partial charge in [-0.2, -0.15) is 0 Å². The molecule has 0 heterocycles. The number of quaternary nitrogens is 1. The normalized spacial score (nSPS) is 14.7. The lowest BCUT2D eigenvalue weighted by atomic mass is 10.0. The average Bonchev–Trinajstić information content (AvgIpc) is 3.13. The summed E-state index contributed by atoms with van der Waals surface area (Å²) in [6, 6.07) is -0.862. The number of aliphatic hydroxyl groups excluding tert-OH is 1. The molecule has 324 valence electrons. The molecule has 0 bridgehead atoms. The van der Waals surface area contributed by atoms with Gasteiger partial charge < -0.3 is 19.8 Å². The molecule has 55 heavy (non-hydrogen) atoms. The first kappa shape index (κ1) is 53.7. The maximum atomic E-state index is 12.9. The van der Waals surface area contributed by atoms with Gasteiger partial charge in [-0.15, -0.1) is 0 Å². The van der Waals surface area contributed by atoms with Crippen LogP contribution in [0.25, 0.3) is 0 Å². The van der Waals surface area contributed by atoms with Crippen molar-refractivity contribution in [3.8, 4) is 0 Å². The van der Waals surface area contributed by atoms with E-state index in [2.05, 4.69) is 43.5 Å². The number of allylic oxidation sites excluding steroid dienone is 5. The molecule has 0 aliphatic heterocycles. The summed E-state index contributed by atoms with van der Waals surface area (Å²) in [6.07, 6.45) is 46.4. The van der Waals surface area contributed by atoms with Crippen molar-refractivity contribution in [2.24, 2.45) is 0 Å². The van der Waals surface area contributed by atoms with Crippen LogP contribution in [0, 0.1) is 0 Å². The van der Waals surface area contributed by atoms with Crippen molar-refractivity contribution >= 4 is 13.7 Å². The molecule has 0 saturated heterocycles. The van der Waals surface area contributed by atoms with Gasteiger partial charge in [-0.3, -0.25) is 13.8 Å². The van der Waals surface area contributed by atoms with E-state index in [0.29, 0.717) is 17.4 Å². The first-order valence-corrected chi connectivity index (χ1v) is 24.4. The maximum Gasteiger partial charge on any atom is 0.472 e. The molecule has 3 atom stereocenters. The summed E-state index contributed by atoms with van der Waals surface area (Å²) in [6.45, 7) is 4.78. The lowest BCUT2D eigenvalue weighted by Crippen LogP contribution is -2.45. The van der Waals surface area contributed by atoms with E-state index in [1.807, 2.05) is 27.2 Å². The number of carbonyl (C=O) groups excluding carboxylic acids is 1. The number of amides is 1. The molecule has 0 aliphatic rings. The Morgan fingerprint density at radius 2 is 1.00 bits per heavy atom. The molecule has 0 aromatic rings. The molecule has 3 N–H and O–H groups in total. The van der Waals surface area contributed by atoms with E-state index < -0.39 is 20.0 Å². The molecule has 0 aromatic heterocycles. The summed E-state index contributed by atoms with van der Waals surface area (Å²) in [4.78, 5) is 23.1. The summed E-state index contributed by atoms with van der Waals surface area (Å²) < 4.78 is 23.5. The van der Waals surface area contributed by atoms with Crippen LogP contribution >= 0.6 is 7.82 Å². The summed E-state index contributed by atoms with van der Waals surface area (Å²) in [5, 5.41) is 13.8. The van der Waals surface area contributed by atoms with Crippen molar-refractivity contribution in [1.82, 2.24) is 5.32 Å². The molecule has 0 aromatic carbocycles. The Hall–Kier alpha value is -1.28. The second kappa shape index (κ2) is 38.2. The highest BCUT2D eigenvalue weighted by molar-refractivity contribution is 7.47. The molecule has 1 amide bonds. The van der Waals surface area contributed by atoms with E-state index in [4.69, 9.17) is 9.05 Å². The quantitative estimate of drug-likeness (QED) is 0.0246. The Labute approximate surface area is 340 Å². The number of nitrogens with zero attached hydrogens (tertiary/aromatic N) is 1. The molecule has 9 heteroatoms. The lowest BCUT2D eigenvalue weighted by Gasteiger charge is -2.25. The fraction of sp³-hybridized carbons (Fsp3) is 0.848. The Bertz CT molecular complexity index is 995. The van der Waals surface area contributed by atoms with Crippen LogP contribution in [-0.4, -0.2) is 73.4 Å². The standard InChI is InChI=1S/C46H89N2O6P/c1-6-8-10-12-14-16-18-20-22-23-24-25-26-28-30-32-34-36-38-40-46(50)47-44(43-54-55(51,52)53-42-41-48(3,4)5)45(49)39-37-35-33-31-29-27-21-19-17-15-13-11-9-7-2/h20,22,29,31,37,39,44-45,49H,6-19,21,23-28,30,32-36,38,40-43H2,1-5H3,(H-,47,50,51,52)/p+1/b22-20-,31-29+,39-37+. The smallest absolute Gasteiger partial charge is 0.387 e. The number of hydrogen-bond acceptors (Lipinski definition) is 5. The molecule has 0 rings (SSSR count). The van der Waals surface area contributed by atoms with Gasteiger partial charge in [-0.05, 0) is 57.8 Å². The maximum absolute atomic E-state index is 12.9. The third kappa shape index (κ3) is 40.7. The summed E-state index contributed by atoms with van der Waals surface area (Å²) >= 11 is 0. The molecule has 3 unspecified atom stereocenters. The van der Waals surface area contributed by atoms with Crippen molar-refractivity contribution in [3.63, 3.8) is 0 Å². The predicted molar refractivity (Wildman–Crippen MR) is 235 cm³/mol. The van der Waals surface area contributed by atoms with Crippen molar-refractivity contribution in [2.75, 3.05) is 40.9 Å². The third-order valence-corrected chi connectivity index (χ3v) is 11.1. The van der Waals surface area contributed by atoms with E-state index in [1.165, 1.54) is 141 Å². The van der Waals surface area contributed by atoms with Crippen molar-refractivity contribution in [2.45, 2.75) is 212 Å². The number of phosphoric acid groups is 1. The zero-order valence-electron chi connectivity index (χ0n) is 36.7. The summed E-state index contributed by atoms with van der Waals surface area (Å²) in [5.41, 5.74) is 0. The van der Waals surface area contributed by atoms with E-state index >= 15 is 0 Å². The Morgan fingerprint density at radius 1 is 0.600 bits per heavy atom. The molecule has 8 nitrogen and oxygen atoms in total. The van der Waals surface area contributed by atoms with Gasteiger partial charge in [0.1, 0.15) is 13.2 Å². The van der Waals surface area contributed by atoms with Gasteiger partial charge in [0.05, 0.1) is 39.9 Å². The zero-order valence-corrected chi connectivity index (χ0v) is 37.6. The van der Waals surface area contributed by atoms with Gasteiger partial charge in [0, 0.05) is 6.42 Å². The number of unbranched alkanes of at least 4 members (excludes halogenated alkanes) is 24. The van der Waals surface area contributed by atoms with E-state index in [9.17, 15) is 19.4 Å². The minimum atomic E-state index is -4.34. The topological polar surface area (TPSA) is 105 Å². The fourth-order valence-electron chi connectivity index (χ4n) is 6.40. The van der Waals surface area contributed by atoms with Gasteiger partial charge in [-0.25, -0.2) is 4.57 Å². The molecule has 0 spiro atoms. The Balaban J connectivity index is 4.41. The van der Waals surface area contributed by atoms with E-state index in [0.717, 1.165) is 38.5 Å². The molecular weight excluding hydrogens is 707 g/mol. The van der Waals surface area contributed by atoms with Crippen LogP contribution < -0.4 is 5.32 Å². The fourth-order valence-corrected chi connectivity index (χ4v) is 7.14. The largest absolute Gasteiger partial charge is 0.472 e. The lowest BCUT2D eigenvalue weighted by molar-refractivity contribution is -0.870. The van der Waals surface area contributed by atoms with Gasteiger partial charge in [0.2, 0.25) is 5.91 Å². The number of carbonyl (C=O) groups is 1. The molecule has 0 saturated carbocycles. The third-order valence-electron chi connectivity index (χ3n) is 10.1. The minimum absolute atomic E-state index is 0.0559. The van der Waals surface area contributed by atoms with Gasteiger partial charge in [0.15, 0.2) is 0 Å². The molecular formula is C46H90N2O6P+. The van der Waals surface area contributed by atoms with Gasteiger partial charge in [-0.1, -0.05) is 172 Å².